The van der Waals surface area contributed by atoms with Crippen molar-refractivity contribution in [2.75, 3.05) is 6.61 Å². The minimum Gasteiger partial charge on any atom is -0.852 e. The van der Waals surface area contributed by atoms with Gasteiger partial charge in [0.2, 0.25) is 0 Å². The van der Waals surface area contributed by atoms with Gasteiger partial charge >= 0.3 is 0 Å². The van der Waals surface area contributed by atoms with Crippen molar-refractivity contribution < 1.29 is 9.84 Å². The van der Waals surface area contributed by atoms with Crippen LogP contribution >= 0.6 is 0 Å². The van der Waals surface area contributed by atoms with Crippen LogP contribution in [0.4, 0.5) is 0 Å². The van der Waals surface area contributed by atoms with Crippen LogP contribution in [0.2, 0.25) is 0 Å². The third-order valence-electron chi connectivity index (χ3n) is 6.33. The van der Waals surface area contributed by atoms with Gasteiger partial charge in [0.1, 0.15) is 5.75 Å². The zero-order valence-electron chi connectivity index (χ0n) is 20.8. The number of hydrogen-bond donors (Lipinski definition) is 0. The highest BCUT2D eigenvalue weighted by Crippen LogP contribution is 2.18. The summed E-state index contributed by atoms with van der Waals surface area (Å²) >= 11 is 0. The summed E-state index contributed by atoms with van der Waals surface area (Å²) in [6.45, 7) is 2.06. The minimum absolute atomic E-state index is 0.226. The largest absolute Gasteiger partial charge is 0.852 e. The van der Waals surface area contributed by atoms with Crippen molar-refractivity contribution in [3.05, 3.63) is 29.8 Å². The SMILES string of the molecule is CCCCCCCCCCCCCCCCCCCC[C@H](C[O-])Oc1cccc(C#N)c1. The van der Waals surface area contributed by atoms with Gasteiger partial charge in [0, 0.05) is 0 Å². The molecule has 0 N–H and O–H groups in total. The van der Waals surface area contributed by atoms with Gasteiger partial charge in [-0.1, -0.05) is 122 Å². The summed E-state index contributed by atoms with van der Waals surface area (Å²) in [5, 5.41) is 20.4. The van der Waals surface area contributed by atoms with Crippen molar-refractivity contribution >= 4 is 0 Å². The number of nitriles is 1. The fraction of sp³-hybridized carbons (Fsp3) is 0.759. The molecule has 0 aliphatic heterocycles. The van der Waals surface area contributed by atoms with E-state index in [0.717, 1.165) is 12.8 Å². The number of nitrogens with zero attached hydrogens (tertiary/aromatic N) is 1. The summed E-state index contributed by atoms with van der Waals surface area (Å²) in [5.74, 6) is 0.632. The first-order valence-corrected chi connectivity index (χ1v) is 13.5. The molecule has 0 unspecified atom stereocenters. The topological polar surface area (TPSA) is 56.1 Å². The van der Waals surface area contributed by atoms with Gasteiger partial charge in [-0.25, -0.2) is 0 Å². The Kier molecular flexibility index (Phi) is 19.0. The van der Waals surface area contributed by atoms with E-state index in [-0.39, 0.29) is 12.7 Å². The van der Waals surface area contributed by atoms with Gasteiger partial charge in [0.25, 0.3) is 0 Å². The Morgan fingerprint density at radius 2 is 1.22 bits per heavy atom. The van der Waals surface area contributed by atoms with Crippen molar-refractivity contribution in [3.63, 3.8) is 0 Å². The number of hydrogen-bond acceptors (Lipinski definition) is 3. The van der Waals surface area contributed by atoms with Crippen molar-refractivity contribution in [3.8, 4) is 11.8 Å². The monoisotopic (exact) mass is 442 g/mol. The maximum Gasteiger partial charge on any atom is 0.120 e. The second-order valence-corrected chi connectivity index (χ2v) is 9.35. The lowest BCUT2D eigenvalue weighted by molar-refractivity contribution is -0.382. The molecule has 0 amide bonds. The molecule has 32 heavy (non-hydrogen) atoms. The third-order valence-corrected chi connectivity index (χ3v) is 6.33. The average Bonchev–Trinajstić information content (AvgIpc) is 2.82. The van der Waals surface area contributed by atoms with Gasteiger partial charge in [0.05, 0.1) is 17.7 Å². The Morgan fingerprint density at radius 1 is 0.750 bits per heavy atom. The fourth-order valence-electron chi connectivity index (χ4n) is 4.28. The van der Waals surface area contributed by atoms with Crippen LogP contribution in [0.1, 0.15) is 134 Å². The van der Waals surface area contributed by atoms with Crippen LogP contribution in [0.3, 0.4) is 0 Å². The maximum atomic E-state index is 11.4. The Bertz CT molecular complexity index is 581. The minimum atomic E-state index is -0.287. The lowest BCUT2D eigenvalue weighted by Gasteiger charge is -2.22. The van der Waals surface area contributed by atoms with Crippen LogP contribution in [-0.2, 0) is 0 Å². The van der Waals surface area contributed by atoms with E-state index in [1.807, 2.05) is 6.07 Å². The number of benzene rings is 1. The molecule has 3 heteroatoms. The van der Waals surface area contributed by atoms with E-state index in [4.69, 9.17) is 10.00 Å². The van der Waals surface area contributed by atoms with E-state index in [9.17, 15) is 5.11 Å². The predicted molar refractivity (Wildman–Crippen MR) is 134 cm³/mol. The van der Waals surface area contributed by atoms with E-state index in [0.29, 0.717) is 11.3 Å². The standard InChI is InChI=1S/C29H48NO2/c1-2-3-4-5-6-7-8-9-10-11-12-13-14-15-16-17-18-19-22-29(26-31)32-28-23-20-21-27(24-28)25-30/h20-21,23-24,29H,2-19,22,26H2,1H3/q-1/t29-/m1/s1. The van der Waals surface area contributed by atoms with Crippen LogP contribution in [0.25, 0.3) is 0 Å². The summed E-state index contributed by atoms with van der Waals surface area (Å²) in [5.41, 5.74) is 0.570. The summed E-state index contributed by atoms with van der Waals surface area (Å²) in [6.07, 6.45) is 25.1. The molecule has 0 aromatic heterocycles. The number of unbranched alkanes of at least 4 members (excludes halogenated alkanes) is 17. The van der Waals surface area contributed by atoms with Gasteiger partial charge < -0.3 is 9.84 Å². The summed E-state index contributed by atoms with van der Waals surface area (Å²) in [6, 6.07) is 9.17. The zero-order chi connectivity index (χ0) is 23.1. The molecule has 1 atom stereocenters. The molecular weight excluding hydrogens is 394 g/mol. The molecule has 3 nitrogen and oxygen atoms in total. The highest BCUT2D eigenvalue weighted by atomic mass is 16.5. The predicted octanol–water partition coefficient (Wildman–Crippen LogP) is 8.10. The lowest BCUT2D eigenvalue weighted by Crippen LogP contribution is -2.29. The van der Waals surface area contributed by atoms with Gasteiger partial charge in [-0.15, -0.1) is 6.61 Å². The highest BCUT2D eigenvalue weighted by Gasteiger charge is 2.06. The summed E-state index contributed by atoms with van der Waals surface area (Å²) in [7, 11) is 0. The van der Waals surface area contributed by atoms with Gasteiger partial charge in [-0.3, -0.25) is 0 Å². The normalized spacial score (nSPS) is 11.9. The molecule has 0 fully saturated rings. The molecule has 0 bridgehead atoms. The second-order valence-electron chi connectivity index (χ2n) is 9.35. The number of ether oxygens (including phenoxy) is 1. The van der Waals surface area contributed by atoms with Crippen LogP contribution < -0.4 is 9.84 Å². The second kappa shape index (κ2) is 21.3. The van der Waals surface area contributed by atoms with Crippen LogP contribution in [0, 0.1) is 11.3 Å². The number of rotatable bonds is 22. The quantitative estimate of drug-likeness (QED) is 0.170. The van der Waals surface area contributed by atoms with Crippen molar-refractivity contribution in [2.45, 2.75) is 135 Å². The molecule has 1 aromatic rings. The molecule has 0 saturated heterocycles. The molecule has 0 aliphatic rings. The van der Waals surface area contributed by atoms with E-state index in [1.165, 1.54) is 109 Å². The first-order chi connectivity index (χ1) is 15.8. The zero-order valence-corrected chi connectivity index (χ0v) is 20.8. The van der Waals surface area contributed by atoms with Gasteiger partial charge in [-0.05, 0) is 31.0 Å². The Labute approximate surface area is 198 Å². The Morgan fingerprint density at radius 3 is 1.66 bits per heavy atom. The molecule has 0 saturated carbocycles. The van der Waals surface area contributed by atoms with E-state index >= 15 is 0 Å². The first-order valence-electron chi connectivity index (χ1n) is 13.5. The third kappa shape index (κ3) is 16.2. The molecule has 0 spiro atoms. The first kappa shape index (κ1) is 28.5. The van der Waals surface area contributed by atoms with E-state index < -0.39 is 0 Å². The molecule has 182 valence electrons. The van der Waals surface area contributed by atoms with E-state index in [2.05, 4.69) is 13.0 Å². The molecule has 0 heterocycles. The highest BCUT2D eigenvalue weighted by molar-refractivity contribution is 5.36. The fourth-order valence-corrected chi connectivity index (χ4v) is 4.28. The Balaban J connectivity index is 1.86. The van der Waals surface area contributed by atoms with Gasteiger partial charge in [-0.2, -0.15) is 5.26 Å². The Hall–Kier alpha value is -1.53. The van der Waals surface area contributed by atoms with Crippen molar-refractivity contribution in [2.24, 2.45) is 0 Å². The maximum absolute atomic E-state index is 11.4. The molecule has 1 aromatic carbocycles. The summed E-state index contributed by atoms with van der Waals surface area (Å²) < 4.78 is 5.78. The van der Waals surface area contributed by atoms with Crippen molar-refractivity contribution in [1.82, 2.24) is 0 Å². The molecule has 0 radical (unpaired) electrons. The van der Waals surface area contributed by atoms with Crippen molar-refractivity contribution in [1.29, 1.82) is 5.26 Å². The van der Waals surface area contributed by atoms with E-state index in [1.54, 1.807) is 18.2 Å². The summed E-state index contributed by atoms with van der Waals surface area (Å²) in [4.78, 5) is 0. The van der Waals surface area contributed by atoms with Crippen LogP contribution in [-0.4, -0.2) is 12.7 Å². The smallest absolute Gasteiger partial charge is 0.120 e. The molecule has 1 rings (SSSR count). The van der Waals surface area contributed by atoms with Crippen LogP contribution in [0.15, 0.2) is 24.3 Å². The molecule has 0 aliphatic carbocycles. The van der Waals surface area contributed by atoms with Gasteiger partial charge in [0.15, 0.2) is 0 Å². The van der Waals surface area contributed by atoms with Crippen LogP contribution in [0.5, 0.6) is 5.75 Å². The average molecular weight is 443 g/mol. The lowest BCUT2D eigenvalue weighted by atomic mass is 10.0. The molecular formula is C29H48NO2-.